The third kappa shape index (κ3) is 1.58. The predicted molar refractivity (Wildman–Crippen MR) is 79.6 cm³/mol. The van der Waals surface area contributed by atoms with Gasteiger partial charge in [-0.1, -0.05) is 17.7 Å². The van der Waals surface area contributed by atoms with Crippen molar-refractivity contribution in [3.05, 3.63) is 28.8 Å². The van der Waals surface area contributed by atoms with E-state index in [2.05, 4.69) is 15.5 Å². The fourth-order valence-corrected chi connectivity index (χ4v) is 4.22. The van der Waals surface area contributed by atoms with Crippen molar-refractivity contribution in [3.63, 3.8) is 0 Å². The number of halogens is 1. The number of carbonyl (C=O) groups is 3. The summed E-state index contributed by atoms with van der Waals surface area (Å²) in [7, 11) is 0. The Morgan fingerprint density at radius 1 is 1.18 bits per heavy atom. The zero-order valence-electron chi connectivity index (χ0n) is 11.7. The van der Waals surface area contributed by atoms with Crippen LogP contribution in [-0.4, -0.2) is 30.4 Å². The van der Waals surface area contributed by atoms with E-state index in [1.165, 1.54) is 0 Å². The molecule has 1 aromatic carbocycles. The fraction of sp³-hybridized carbons (Fsp3) is 0.400. The minimum absolute atomic E-state index is 0.216. The van der Waals surface area contributed by atoms with Crippen molar-refractivity contribution in [2.45, 2.75) is 25.3 Å². The smallest absolute Gasteiger partial charge is 0.328 e. The van der Waals surface area contributed by atoms with E-state index in [1.54, 1.807) is 6.07 Å². The molecule has 22 heavy (non-hydrogen) atoms. The number of nitrogens with one attached hydrogen (secondary N) is 2. The summed E-state index contributed by atoms with van der Waals surface area (Å²) in [6, 6.07) is 4.60. The minimum atomic E-state index is -1.29. The molecule has 1 spiro atoms. The second kappa shape index (κ2) is 4.46. The first-order chi connectivity index (χ1) is 10.5. The maximum absolute atomic E-state index is 12.6. The van der Waals surface area contributed by atoms with Crippen LogP contribution in [-0.2, 0) is 16.0 Å². The van der Waals surface area contributed by atoms with Crippen LogP contribution in [0.5, 0.6) is 0 Å². The molecule has 7 heteroatoms. The van der Waals surface area contributed by atoms with E-state index in [0.29, 0.717) is 5.02 Å². The Morgan fingerprint density at radius 2 is 1.91 bits per heavy atom. The Labute approximate surface area is 131 Å². The van der Waals surface area contributed by atoms with Gasteiger partial charge in [-0.25, -0.2) is 4.79 Å². The van der Waals surface area contributed by atoms with Crippen molar-refractivity contribution in [1.82, 2.24) is 10.6 Å². The third-order valence-electron chi connectivity index (χ3n) is 4.95. The normalized spacial score (nSPS) is 25.6. The van der Waals surface area contributed by atoms with Crippen molar-refractivity contribution < 1.29 is 14.4 Å². The summed E-state index contributed by atoms with van der Waals surface area (Å²) < 4.78 is 0. The van der Waals surface area contributed by atoms with Crippen molar-refractivity contribution >= 4 is 35.1 Å². The maximum atomic E-state index is 12.6. The summed E-state index contributed by atoms with van der Waals surface area (Å²) in [6.45, 7) is 0.772. The topological polar surface area (TPSA) is 78.5 Å². The molecule has 114 valence electrons. The largest absolute Gasteiger partial charge is 0.367 e. The molecule has 0 radical (unpaired) electrons. The highest BCUT2D eigenvalue weighted by Crippen LogP contribution is 2.48. The van der Waals surface area contributed by atoms with E-state index in [9.17, 15) is 14.4 Å². The number of hydrogen-bond acceptors (Lipinski definition) is 4. The SMILES string of the molecule is O=C1NC(=O)C2(Cc3c(Cl)cccc3N3CCC[C@H]32)C(=O)N1. The Balaban J connectivity index is 1.91. The van der Waals surface area contributed by atoms with E-state index in [1.807, 2.05) is 12.1 Å². The van der Waals surface area contributed by atoms with E-state index in [-0.39, 0.29) is 12.5 Å². The van der Waals surface area contributed by atoms with Gasteiger partial charge in [0.05, 0.1) is 6.04 Å². The summed E-state index contributed by atoms with van der Waals surface area (Å²) in [6.07, 6.45) is 1.85. The molecule has 2 fully saturated rings. The van der Waals surface area contributed by atoms with Crippen LogP contribution in [0.15, 0.2) is 18.2 Å². The summed E-state index contributed by atoms with van der Waals surface area (Å²) in [5, 5.41) is 5.05. The molecule has 0 saturated carbocycles. The van der Waals surface area contributed by atoms with Crippen LogP contribution in [0.2, 0.25) is 5.02 Å². The van der Waals surface area contributed by atoms with E-state index in [0.717, 1.165) is 30.6 Å². The lowest BCUT2D eigenvalue weighted by Gasteiger charge is -2.47. The standard InChI is InChI=1S/C15H14ClN3O3/c16-9-3-1-4-10-8(9)7-15(11-5-2-6-19(10)11)12(20)17-14(22)18-13(15)21/h1,3-4,11H,2,5-7H2,(H2,17,18,20,21,22)/t11-/m0/s1. The number of nitrogens with zero attached hydrogens (tertiary/aromatic N) is 1. The van der Waals surface area contributed by atoms with Crippen molar-refractivity contribution in [2.75, 3.05) is 11.4 Å². The molecule has 2 saturated heterocycles. The van der Waals surface area contributed by atoms with Gasteiger partial charge in [-0.05, 0) is 30.5 Å². The number of fused-ring (bicyclic) bond motifs is 4. The van der Waals surface area contributed by atoms with Crippen molar-refractivity contribution in [3.8, 4) is 0 Å². The van der Waals surface area contributed by atoms with Gasteiger partial charge in [0, 0.05) is 23.7 Å². The molecule has 2 N–H and O–H groups in total. The first-order valence-electron chi connectivity index (χ1n) is 7.25. The quantitative estimate of drug-likeness (QED) is 0.705. The van der Waals surface area contributed by atoms with Gasteiger partial charge in [0.1, 0.15) is 0 Å². The van der Waals surface area contributed by atoms with Gasteiger partial charge in [0.2, 0.25) is 11.8 Å². The molecule has 0 aliphatic carbocycles. The van der Waals surface area contributed by atoms with E-state index in [4.69, 9.17) is 11.6 Å². The summed E-state index contributed by atoms with van der Waals surface area (Å²) in [5.74, 6) is -1.05. The third-order valence-corrected chi connectivity index (χ3v) is 5.30. The maximum Gasteiger partial charge on any atom is 0.328 e. The van der Waals surface area contributed by atoms with Gasteiger partial charge in [-0.3, -0.25) is 20.2 Å². The first kappa shape index (κ1) is 13.6. The van der Waals surface area contributed by atoms with Crippen LogP contribution in [0.25, 0.3) is 0 Å². The molecule has 0 unspecified atom stereocenters. The number of imide groups is 2. The molecule has 3 aliphatic rings. The number of amides is 4. The number of barbiturate groups is 1. The van der Waals surface area contributed by atoms with Crippen LogP contribution in [0.4, 0.5) is 10.5 Å². The van der Waals surface area contributed by atoms with Gasteiger partial charge in [-0.2, -0.15) is 0 Å². The molecule has 0 aromatic heterocycles. The second-order valence-corrected chi connectivity index (χ2v) is 6.38. The highest BCUT2D eigenvalue weighted by molar-refractivity contribution is 6.32. The number of hydrogen-bond donors (Lipinski definition) is 2. The molecule has 4 rings (SSSR count). The van der Waals surface area contributed by atoms with Crippen molar-refractivity contribution in [1.29, 1.82) is 0 Å². The molecule has 4 amide bonds. The van der Waals surface area contributed by atoms with Gasteiger partial charge >= 0.3 is 6.03 Å². The average molecular weight is 320 g/mol. The highest BCUT2D eigenvalue weighted by atomic mass is 35.5. The first-order valence-corrected chi connectivity index (χ1v) is 7.63. The monoisotopic (exact) mass is 319 g/mol. The predicted octanol–water partition coefficient (Wildman–Crippen LogP) is 1.22. The number of benzene rings is 1. The molecule has 6 nitrogen and oxygen atoms in total. The van der Waals surface area contributed by atoms with Crippen LogP contribution in [0.1, 0.15) is 18.4 Å². The number of anilines is 1. The van der Waals surface area contributed by atoms with Gasteiger partial charge in [0.25, 0.3) is 0 Å². The zero-order chi connectivity index (χ0) is 15.5. The number of rotatable bonds is 0. The van der Waals surface area contributed by atoms with Crippen LogP contribution < -0.4 is 15.5 Å². The van der Waals surface area contributed by atoms with Crippen LogP contribution in [0, 0.1) is 5.41 Å². The van der Waals surface area contributed by atoms with E-state index < -0.39 is 23.3 Å². The molecule has 3 heterocycles. The summed E-state index contributed by atoms with van der Waals surface area (Å²) >= 11 is 6.30. The average Bonchev–Trinajstić information content (AvgIpc) is 2.95. The highest BCUT2D eigenvalue weighted by Gasteiger charge is 2.60. The molecule has 1 atom stereocenters. The molecular formula is C15H14ClN3O3. The lowest BCUT2D eigenvalue weighted by molar-refractivity contribution is -0.146. The fourth-order valence-electron chi connectivity index (χ4n) is 3.98. The zero-order valence-corrected chi connectivity index (χ0v) is 12.4. The Kier molecular flexibility index (Phi) is 2.75. The Bertz CT molecular complexity index is 698. The van der Waals surface area contributed by atoms with Gasteiger partial charge in [0.15, 0.2) is 5.41 Å². The molecule has 3 aliphatic heterocycles. The number of urea groups is 1. The minimum Gasteiger partial charge on any atom is -0.367 e. The summed E-state index contributed by atoms with van der Waals surface area (Å²) in [4.78, 5) is 38.7. The Morgan fingerprint density at radius 3 is 2.64 bits per heavy atom. The molecule has 1 aromatic rings. The lowest BCUT2D eigenvalue weighted by Crippen LogP contribution is -2.70. The van der Waals surface area contributed by atoms with Crippen LogP contribution >= 0.6 is 11.6 Å². The van der Waals surface area contributed by atoms with Gasteiger partial charge in [-0.15, -0.1) is 0 Å². The lowest BCUT2D eigenvalue weighted by atomic mass is 9.69. The molecular weight excluding hydrogens is 306 g/mol. The number of carbonyl (C=O) groups excluding carboxylic acids is 3. The van der Waals surface area contributed by atoms with Gasteiger partial charge < -0.3 is 4.90 Å². The second-order valence-electron chi connectivity index (χ2n) is 5.97. The van der Waals surface area contributed by atoms with Crippen LogP contribution in [0.3, 0.4) is 0 Å². The van der Waals surface area contributed by atoms with E-state index >= 15 is 0 Å². The molecule has 0 bridgehead atoms. The Hall–Kier alpha value is -2.08. The van der Waals surface area contributed by atoms with Crippen molar-refractivity contribution in [2.24, 2.45) is 5.41 Å². The summed E-state index contributed by atoms with van der Waals surface area (Å²) in [5.41, 5.74) is 0.489.